The smallest absolute Gasteiger partial charge is 0.349 e. The predicted molar refractivity (Wildman–Crippen MR) is 91.1 cm³/mol. The van der Waals surface area contributed by atoms with E-state index in [4.69, 9.17) is 4.42 Å². The highest BCUT2D eigenvalue weighted by atomic mass is 19.1. The lowest BCUT2D eigenvalue weighted by Gasteiger charge is -2.12. The van der Waals surface area contributed by atoms with E-state index in [1.807, 2.05) is 30.6 Å². The number of fused-ring (bicyclic) bond motifs is 1. The van der Waals surface area contributed by atoms with Gasteiger partial charge in [-0.05, 0) is 24.3 Å². The summed E-state index contributed by atoms with van der Waals surface area (Å²) in [6.07, 6.45) is 1.65. The van der Waals surface area contributed by atoms with Gasteiger partial charge < -0.3 is 19.2 Å². The van der Waals surface area contributed by atoms with Crippen LogP contribution in [-0.4, -0.2) is 29.6 Å². The second kappa shape index (κ2) is 6.39. The Hall–Kier alpha value is -3.16. The fourth-order valence-electron chi connectivity index (χ4n) is 2.53. The standard InChI is InChI=1S/C17H17FN4O3/c1-21(2)17-20-9-12(22(17)3)8-19-15(23)13-7-10-6-11(18)4-5-14(10)25-16(13)24/h4-7,9H,8H2,1-3H3,(H,19,23). The highest BCUT2D eigenvalue weighted by Crippen LogP contribution is 2.15. The molecule has 0 aliphatic heterocycles. The molecule has 0 fully saturated rings. The fourth-order valence-corrected chi connectivity index (χ4v) is 2.53. The monoisotopic (exact) mass is 344 g/mol. The molecule has 25 heavy (non-hydrogen) atoms. The van der Waals surface area contributed by atoms with Crippen molar-refractivity contribution in [3.05, 3.63) is 58.0 Å². The summed E-state index contributed by atoms with van der Waals surface area (Å²) in [5.41, 5.74) is 0.0576. The topological polar surface area (TPSA) is 80.4 Å². The Morgan fingerprint density at radius 1 is 1.36 bits per heavy atom. The van der Waals surface area contributed by atoms with E-state index in [2.05, 4.69) is 10.3 Å². The maximum absolute atomic E-state index is 13.3. The molecule has 0 atom stereocenters. The van der Waals surface area contributed by atoms with Gasteiger partial charge in [-0.3, -0.25) is 4.79 Å². The molecule has 0 saturated carbocycles. The van der Waals surface area contributed by atoms with Gasteiger partial charge in [0.25, 0.3) is 5.91 Å². The number of nitrogens with one attached hydrogen (secondary N) is 1. The largest absolute Gasteiger partial charge is 0.422 e. The highest BCUT2D eigenvalue weighted by molar-refractivity contribution is 5.96. The van der Waals surface area contributed by atoms with Crippen LogP contribution in [-0.2, 0) is 13.6 Å². The number of aromatic nitrogens is 2. The number of amides is 1. The summed E-state index contributed by atoms with van der Waals surface area (Å²) in [4.78, 5) is 30.4. The second-order valence-corrected chi connectivity index (χ2v) is 5.82. The van der Waals surface area contributed by atoms with Crippen LogP contribution >= 0.6 is 0 Å². The average molecular weight is 344 g/mol. The van der Waals surface area contributed by atoms with Crippen molar-refractivity contribution in [1.82, 2.24) is 14.9 Å². The van der Waals surface area contributed by atoms with Crippen molar-refractivity contribution in [2.24, 2.45) is 7.05 Å². The Labute approximate surface area is 142 Å². The maximum Gasteiger partial charge on any atom is 0.349 e. The van der Waals surface area contributed by atoms with Gasteiger partial charge in [0.1, 0.15) is 17.0 Å². The zero-order valence-corrected chi connectivity index (χ0v) is 14.0. The van der Waals surface area contributed by atoms with Crippen LogP contribution in [0.2, 0.25) is 0 Å². The number of hydrogen-bond donors (Lipinski definition) is 1. The summed E-state index contributed by atoms with van der Waals surface area (Å²) < 4.78 is 20.2. The van der Waals surface area contributed by atoms with Crippen molar-refractivity contribution in [1.29, 1.82) is 0 Å². The molecular formula is C17H17FN4O3. The van der Waals surface area contributed by atoms with E-state index < -0.39 is 17.3 Å². The lowest BCUT2D eigenvalue weighted by Crippen LogP contribution is -2.28. The number of hydrogen-bond acceptors (Lipinski definition) is 5. The minimum atomic E-state index is -0.768. The van der Waals surface area contributed by atoms with Gasteiger partial charge in [0.05, 0.1) is 18.4 Å². The van der Waals surface area contributed by atoms with Crippen LogP contribution in [0.5, 0.6) is 0 Å². The lowest BCUT2D eigenvalue weighted by molar-refractivity contribution is 0.0946. The van der Waals surface area contributed by atoms with Crippen LogP contribution < -0.4 is 15.8 Å². The molecule has 0 saturated heterocycles. The summed E-state index contributed by atoms with van der Waals surface area (Å²) in [6, 6.07) is 5.08. The molecule has 1 N–H and O–H groups in total. The number of rotatable bonds is 4. The van der Waals surface area contributed by atoms with Crippen molar-refractivity contribution in [2.75, 3.05) is 19.0 Å². The first-order chi connectivity index (χ1) is 11.9. The molecule has 0 unspecified atom stereocenters. The van der Waals surface area contributed by atoms with E-state index >= 15 is 0 Å². The lowest BCUT2D eigenvalue weighted by atomic mass is 10.1. The normalized spacial score (nSPS) is 10.9. The Kier molecular flexibility index (Phi) is 4.26. The van der Waals surface area contributed by atoms with E-state index in [1.54, 1.807) is 6.20 Å². The third kappa shape index (κ3) is 3.23. The molecule has 0 spiro atoms. The van der Waals surface area contributed by atoms with E-state index in [-0.39, 0.29) is 17.7 Å². The fraction of sp³-hybridized carbons (Fsp3) is 0.235. The molecule has 3 aromatic rings. The van der Waals surface area contributed by atoms with E-state index in [0.29, 0.717) is 5.39 Å². The summed E-state index contributed by atoms with van der Waals surface area (Å²) in [5, 5.41) is 3.00. The molecule has 0 radical (unpaired) electrons. The van der Waals surface area contributed by atoms with Crippen molar-refractivity contribution >= 4 is 22.8 Å². The van der Waals surface area contributed by atoms with E-state index in [9.17, 15) is 14.0 Å². The molecule has 2 heterocycles. The maximum atomic E-state index is 13.3. The molecular weight excluding hydrogens is 327 g/mol. The molecule has 8 heteroatoms. The predicted octanol–water partition coefficient (Wildman–Crippen LogP) is 1.66. The quantitative estimate of drug-likeness (QED) is 0.728. The minimum Gasteiger partial charge on any atom is -0.422 e. The number of carbonyl (C=O) groups is 1. The van der Waals surface area contributed by atoms with Crippen molar-refractivity contribution in [2.45, 2.75) is 6.54 Å². The van der Waals surface area contributed by atoms with Crippen LogP contribution in [0.3, 0.4) is 0 Å². The van der Waals surface area contributed by atoms with Gasteiger partial charge in [-0.15, -0.1) is 0 Å². The molecule has 1 aromatic carbocycles. The average Bonchev–Trinajstić information content (AvgIpc) is 2.93. The molecule has 0 aliphatic rings. The second-order valence-electron chi connectivity index (χ2n) is 5.82. The molecule has 0 aliphatic carbocycles. The summed E-state index contributed by atoms with van der Waals surface area (Å²) >= 11 is 0. The Bertz CT molecular complexity index is 1010. The highest BCUT2D eigenvalue weighted by Gasteiger charge is 2.15. The SMILES string of the molecule is CN(C)c1ncc(CNC(=O)c2cc3cc(F)ccc3oc2=O)n1C. The third-order valence-electron chi connectivity index (χ3n) is 3.83. The zero-order chi connectivity index (χ0) is 18.1. The van der Waals surface area contributed by atoms with Gasteiger partial charge in [0, 0.05) is 26.5 Å². The summed E-state index contributed by atoms with van der Waals surface area (Å²) in [5.74, 6) is -0.323. The Balaban J connectivity index is 1.83. The summed E-state index contributed by atoms with van der Waals surface area (Å²) in [6.45, 7) is 0.191. The van der Waals surface area contributed by atoms with Crippen LogP contribution in [0.1, 0.15) is 16.1 Å². The third-order valence-corrected chi connectivity index (χ3v) is 3.83. The number of imidazole rings is 1. The van der Waals surface area contributed by atoms with Crippen LogP contribution in [0.15, 0.2) is 39.7 Å². The number of carbonyl (C=O) groups excluding carboxylic acids is 1. The van der Waals surface area contributed by atoms with E-state index in [0.717, 1.165) is 11.6 Å². The van der Waals surface area contributed by atoms with Crippen molar-refractivity contribution in [3.63, 3.8) is 0 Å². The number of benzene rings is 1. The van der Waals surface area contributed by atoms with Gasteiger partial charge >= 0.3 is 5.63 Å². The first kappa shape index (κ1) is 16.7. The minimum absolute atomic E-state index is 0.173. The molecule has 1 amide bonds. The Morgan fingerprint density at radius 2 is 2.12 bits per heavy atom. The molecule has 130 valence electrons. The molecule has 3 rings (SSSR count). The summed E-state index contributed by atoms with van der Waals surface area (Å²) in [7, 11) is 5.56. The molecule has 7 nitrogen and oxygen atoms in total. The van der Waals surface area contributed by atoms with Gasteiger partial charge in [0.15, 0.2) is 0 Å². The first-order valence-corrected chi connectivity index (χ1v) is 7.56. The van der Waals surface area contributed by atoms with E-state index in [1.165, 1.54) is 24.3 Å². The van der Waals surface area contributed by atoms with Gasteiger partial charge in [0.2, 0.25) is 5.95 Å². The molecule has 0 bridgehead atoms. The van der Waals surface area contributed by atoms with Crippen molar-refractivity contribution in [3.8, 4) is 0 Å². The van der Waals surface area contributed by atoms with Crippen LogP contribution in [0, 0.1) is 5.82 Å². The van der Waals surface area contributed by atoms with Gasteiger partial charge in [-0.1, -0.05) is 0 Å². The van der Waals surface area contributed by atoms with Crippen molar-refractivity contribution < 1.29 is 13.6 Å². The number of nitrogens with zero attached hydrogens (tertiary/aromatic N) is 3. The first-order valence-electron chi connectivity index (χ1n) is 7.56. The number of anilines is 1. The van der Waals surface area contributed by atoms with Crippen LogP contribution in [0.25, 0.3) is 11.0 Å². The van der Waals surface area contributed by atoms with Gasteiger partial charge in [-0.2, -0.15) is 0 Å². The number of halogens is 1. The zero-order valence-electron chi connectivity index (χ0n) is 14.0. The molecule has 2 aromatic heterocycles. The van der Waals surface area contributed by atoms with Gasteiger partial charge in [-0.25, -0.2) is 14.2 Å². The van der Waals surface area contributed by atoms with Crippen LogP contribution in [0.4, 0.5) is 10.3 Å². The Morgan fingerprint density at radius 3 is 2.80 bits per heavy atom.